The smallest absolute Gasteiger partial charge is 0.222 e. The lowest BCUT2D eigenvalue weighted by Crippen LogP contribution is -2.14. The third-order valence-corrected chi connectivity index (χ3v) is 2.33. The summed E-state index contributed by atoms with van der Waals surface area (Å²) in [5, 5.41) is 3.14. The average molecular weight is 276 g/mol. The van der Waals surface area contributed by atoms with Crippen LogP contribution in [0.1, 0.15) is 6.42 Å². The predicted molar refractivity (Wildman–Crippen MR) is 54.8 cm³/mol. The number of anilines is 1. The van der Waals surface area contributed by atoms with Crippen LogP contribution in [0.5, 0.6) is 0 Å². The standard InChI is InChI=1S/C7H9IN4/c8-4-2-10-7(11-3-4)12-6-1-5(6)9/h2-3,5-6H,1,9H2,(H,10,11,12). The van der Waals surface area contributed by atoms with Crippen LogP contribution in [-0.4, -0.2) is 22.1 Å². The first-order valence-corrected chi connectivity index (χ1v) is 4.83. The molecule has 0 aromatic carbocycles. The molecule has 1 fully saturated rings. The Morgan fingerprint density at radius 2 is 2.08 bits per heavy atom. The molecule has 0 amide bonds. The van der Waals surface area contributed by atoms with Gasteiger partial charge in [0.15, 0.2) is 0 Å². The summed E-state index contributed by atoms with van der Waals surface area (Å²) in [5.41, 5.74) is 5.62. The van der Waals surface area contributed by atoms with E-state index in [2.05, 4.69) is 37.9 Å². The zero-order valence-corrected chi connectivity index (χ0v) is 8.52. The van der Waals surface area contributed by atoms with Crippen molar-refractivity contribution in [1.82, 2.24) is 9.97 Å². The molecule has 0 spiro atoms. The highest BCUT2D eigenvalue weighted by Gasteiger charge is 2.33. The van der Waals surface area contributed by atoms with Gasteiger partial charge in [0.05, 0.1) is 0 Å². The minimum atomic E-state index is 0.285. The van der Waals surface area contributed by atoms with Gasteiger partial charge in [0, 0.05) is 28.0 Å². The van der Waals surface area contributed by atoms with E-state index in [1.54, 1.807) is 12.4 Å². The first-order valence-electron chi connectivity index (χ1n) is 3.75. The summed E-state index contributed by atoms with van der Waals surface area (Å²) in [5.74, 6) is 0.674. The monoisotopic (exact) mass is 276 g/mol. The van der Waals surface area contributed by atoms with Gasteiger partial charge in [0.1, 0.15) is 0 Å². The Hall–Kier alpha value is -0.430. The maximum Gasteiger partial charge on any atom is 0.222 e. The fourth-order valence-corrected chi connectivity index (χ4v) is 1.21. The predicted octanol–water partition coefficient (Wildman–Crippen LogP) is 0.593. The van der Waals surface area contributed by atoms with Crippen molar-refractivity contribution in [1.29, 1.82) is 0 Å². The van der Waals surface area contributed by atoms with Crippen LogP contribution in [0.4, 0.5) is 5.95 Å². The van der Waals surface area contributed by atoms with Crippen LogP contribution in [0.3, 0.4) is 0 Å². The molecule has 5 heteroatoms. The molecule has 2 rings (SSSR count). The Balaban J connectivity index is 2.00. The molecule has 1 heterocycles. The Morgan fingerprint density at radius 3 is 2.58 bits per heavy atom. The summed E-state index contributed by atoms with van der Waals surface area (Å²) in [6, 6.07) is 0.665. The first kappa shape index (κ1) is 8.18. The average Bonchev–Trinajstić information content (AvgIpc) is 2.72. The second-order valence-electron chi connectivity index (χ2n) is 2.88. The molecule has 4 nitrogen and oxygen atoms in total. The van der Waals surface area contributed by atoms with E-state index >= 15 is 0 Å². The minimum absolute atomic E-state index is 0.285. The molecule has 0 bridgehead atoms. The Kier molecular flexibility index (Phi) is 2.14. The highest BCUT2D eigenvalue weighted by Crippen LogP contribution is 2.21. The molecule has 3 N–H and O–H groups in total. The van der Waals surface area contributed by atoms with Gasteiger partial charge >= 0.3 is 0 Å². The second-order valence-corrected chi connectivity index (χ2v) is 4.12. The molecule has 1 aliphatic carbocycles. The van der Waals surface area contributed by atoms with E-state index in [9.17, 15) is 0 Å². The number of rotatable bonds is 2. The zero-order chi connectivity index (χ0) is 8.55. The van der Waals surface area contributed by atoms with Gasteiger partial charge in [0.25, 0.3) is 0 Å². The van der Waals surface area contributed by atoms with Gasteiger partial charge in [0.2, 0.25) is 5.95 Å². The normalized spacial score (nSPS) is 26.8. The van der Waals surface area contributed by atoms with Crippen molar-refractivity contribution in [3.8, 4) is 0 Å². The molecule has 2 unspecified atom stereocenters. The van der Waals surface area contributed by atoms with Gasteiger partial charge in [-0.3, -0.25) is 0 Å². The van der Waals surface area contributed by atoms with Gasteiger partial charge in [-0.15, -0.1) is 0 Å². The van der Waals surface area contributed by atoms with Crippen LogP contribution in [0, 0.1) is 3.57 Å². The van der Waals surface area contributed by atoms with Gasteiger partial charge in [-0.1, -0.05) is 0 Å². The van der Waals surface area contributed by atoms with E-state index in [1.807, 2.05) is 0 Å². The van der Waals surface area contributed by atoms with E-state index in [4.69, 9.17) is 5.73 Å². The van der Waals surface area contributed by atoms with Crippen LogP contribution >= 0.6 is 22.6 Å². The van der Waals surface area contributed by atoms with E-state index in [0.29, 0.717) is 12.0 Å². The van der Waals surface area contributed by atoms with E-state index < -0.39 is 0 Å². The number of nitrogens with zero attached hydrogens (tertiary/aromatic N) is 2. The topological polar surface area (TPSA) is 63.8 Å². The molecule has 1 aromatic heterocycles. The molecular formula is C7H9IN4. The van der Waals surface area contributed by atoms with Gasteiger partial charge in [-0.05, 0) is 29.0 Å². The summed E-state index contributed by atoms with van der Waals surface area (Å²) in [6.07, 6.45) is 4.59. The van der Waals surface area contributed by atoms with Gasteiger partial charge in [-0.2, -0.15) is 0 Å². The summed E-state index contributed by atoms with van der Waals surface area (Å²) < 4.78 is 1.04. The third kappa shape index (κ3) is 1.84. The van der Waals surface area contributed by atoms with Crippen molar-refractivity contribution in [3.05, 3.63) is 16.0 Å². The molecule has 64 valence electrons. The largest absolute Gasteiger partial charge is 0.350 e. The summed E-state index contributed by atoms with van der Waals surface area (Å²) in [7, 11) is 0. The summed E-state index contributed by atoms with van der Waals surface area (Å²) in [4.78, 5) is 8.22. The first-order chi connectivity index (χ1) is 5.75. The summed E-state index contributed by atoms with van der Waals surface area (Å²) >= 11 is 2.17. The highest BCUT2D eigenvalue weighted by molar-refractivity contribution is 14.1. The van der Waals surface area contributed by atoms with E-state index in [0.717, 1.165) is 9.99 Å². The Morgan fingerprint density at radius 1 is 1.50 bits per heavy atom. The lowest BCUT2D eigenvalue weighted by molar-refractivity contribution is 0.976. The number of halogens is 1. The number of nitrogens with two attached hydrogens (primary N) is 1. The lowest BCUT2D eigenvalue weighted by atomic mass is 10.6. The zero-order valence-electron chi connectivity index (χ0n) is 6.37. The van der Waals surface area contributed by atoms with Crippen molar-refractivity contribution in [2.75, 3.05) is 5.32 Å². The molecule has 12 heavy (non-hydrogen) atoms. The third-order valence-electron chi connectivity index (χ3n) is 1.77. The number of hydrogen-bond donors (Lipinski definition) is 2. The van der Waals surface area contributed by atoms with Crippen LogP contribution < -0.4 is 11.1 Å². The fraction of sp³-hybridized carbons (Fsp3) is 0.429. The number of hydrogen-bond acceptors (Lipinski definition) is 4. The molecule has 2 atom stereocenters. The van der Waals surface area contributed by atoms with Crippen molar-refractivity contribution >= 4 is 28.5 Å². The summed E-state index contributed by atoms with van der Waals surface area (Å²) in [6.45, 7) is 0. The van der Waals surface area contributed by atoms with Crippen molar-refractivity contribution in [3.63, 3.8) is 0 Å². The van der Waals surface area contributed by atoms with Crippen LogP contribution in [0.25, 0.3) is 0 Å². The quantitative estimate of drug-likeness (QED) is 0.776. The maximum absolute atomic E-state index is 5.62. The van der Waals surface area contributed by atoms with E-state index in [-0.39, 0.29) is 6.04 Å². The lowest BCUT2D eigenvalue weighted by Gasteiger charge is -2.00. The Bertz CT molecular complexity index is 273. The molecule has 1 aromatic rings. The van der Waals surface area contributed by atoms with Crippen LogP contribution in [-0.2, 0) is 0 Å². The van der Waals surface area contributed by atoms with Crippen LogP contribution in [0.15, 0.2) is 12.4 Å². The maximum atomic E-state index is 5.62. The van der Waals surface area contributed by atoms with Crippen molar-refractivity contribution < 1.29 is 0 Å². The Labute approximate surface area is 84.1 Å². The van der Waals surface area contributed by atoms with Gasteiger partial charge in [-0.25, -0.2) is 9.97 Å². The number of nitrogens with one attached hydrogen (secondary N) is 1. The second kappa shape index (κ2) is 3.14. The number of aromatic nitrogens is 2. The highest BCUT2D eigenvalue weighted by atomic mass is 127. The molecule has 1 aliphatic rings. The minimum Gasteiger partial charge on any atom is -0.350 e. The van der Waals surface area contributed by atoms with Crippen LogP contribution in [0.2, 0.25) is 0 Å². The van der Waals surface area contributed by atoms with Crippen molar-refractivity contribution in [2.45, 2.75) is 18.5 Å². The van der Waals surface area contributed by atoms with Crippen molar-refractivity contribution in [2.24, 2.45) is 5.73 Å². The van der Waals surface area contributed by atoms with Gasteiger partial charge < -0.3 is 11.1 Å². The SMILES string of the molecule is NC1CC1Nc1ncc(I)cn1. The molecule has 1 saturated carbocycles. The molecule has 0 radical (unpaired) electrons. The fourth-order valence-electron chi connectivity index (χ4n) is 0.933. The van der Waals surface area contributed by atoms with E-state index in [1.165, 1.54) is 0 Å². The molecule has 0 aliphatic heterocycles. The molecule has 0 saturated heterocycles. The molecular weight excluding hydrogens is 267 g/mol.